The molecule has 0 spiro atoms. The van der Waals surface area contributed by atoms with E-state index in [0.717, 1.165) is 44.9 Å². The van der Waals surface area contributed by atoms with Crippen molar-refractivity contribution in [3.63, 3.8) is 0 Å². The van der Waals surface area contributed by atoms with Crippen LogP contribution in [0.5, 0.6) is 0 Å². The molecule has 0 aromatic heterocycles. The lowest BCUT2D eigenvalue weighted by atomic mass is 10.0. The third-order valence-electron chi connectivity index (χ3n) is 10.6. The Balaban J connectivity index is 4.26. The van der Waals surface area contributed by atoms with Gasteiger partial charge in [-0.1, -0.05) is 173 Å². The van der Waals surface area contributed by atoms with Crippen molar-refractivity contribution in [1.29, 1.82) is 0 Å². The summed E-state index contributed by atoms with van der Waals surface area (Å²) in [6, 6.07) is 0. The number of carbonyl (C=O) groups excluding carboxylic acids is 2. The van der Waals surface area contributed by atoms with E-state index in [1.54, 1.807) is 0 Å². The van der Waals surface area contributed by atoms with E-state index in [1.165, 1.54) is 148 Å². The minimum atomic E-state index is -4.62. The number of esters is 2. The molecule has 0 saturated heterocycles. The lowest BCUT2D eigenvalue weighted by molar-refractivity contribution is -0.870. The minimum Gasteiger partial charge on any atom is -0.756 e. The van der Waals surface area contributed by atoms with Gasteiger partial charge in [0, 0.05) is 12.8 Å². The van der Waals surface area contributed by atoms with Crippen molar-refractivity contribution < 1.29 is 42.1 Å². The summed E-state index contributed by atoms with van der Waals surface area (Å²) in [7, 11) is 1.17. The van der Waals surface area contributed by atoms with Crippen LogP contribution in [0.3, 0.4) is 0 Å². The topological polar surface area (TPSA) is 111 Å². The van der Waals surface area contributed by atoms with Crippen molar-refractivity contribution in [3.8, 4) is 0 Å². The van der Waals surface area contributed by atoms with Crippen molar-refractivity contribution in [3.05, 3.63) is 24.8 Å². The molecular formula is C48H92NO8P. The van der Waals surface area contributed by atoms with E-state index in [-0.39, 0.29) is 32.0 Å². The summed E-state index contributed by atoms with van der Waals surface area (Å²) >= 11 is 0. The largest absolute Gasteiger partial charge is 0.756 e. The Morgan fingerprint density at radius 3 is 1.40 bits per heavy atom. The summed E-state index contributed by atoms with van der Waals surface area (Å²) in [6.45, 7) is 5.77. The maximum atomic E-state index is 12.7. The number of quaternary nitrogens is 1. The van der Waals surface area contributed by atoms with Crippen LogP contribution in [-0.4, -0.2) is 70.0 Å². The van der Waals surface area contributed by atoms with E-state index < -0.39 is 26.5 Å². The highest BCUT2D eigenvalue weighted by atomic mass is 31.2. The molecule has 0 saturated carbocycles. The van der Waals surface area contributed by atoms with Gasteiger partial charge in [-0.2, -0.15) is 0 Å². The van der Waals surface area contributed by atoms with Crippen LogP contribution >= 0.6 is 7.82 Å². The molecule has 0 aromatic carbocycles. The molecule has 0 aliphatic rings. The maximum absolute atomic E-state index is 12.7. The van der Waals surface area contributed by atoms with Gasteiger partial charge in [-0.15, -0.1) is 6.58 Å². The van der Waals surface area contributed by atoms with Crippen LogP contribution in [0.1, 0.15) is 219 Å². The number of hydrogen-bond donors (Lipinski definition) is 0. The Morgan fingerprint density at radius 2 is 0.966 bits per heavy atom. The van der Waals surface area contributed by atoms with Gasteiger partial charge in [0.15, 0.2) is 6.10 Å². The van der Waals surface area contributed by atoms with Crippen LogP contribution in [0.2, 0.25) is 0 Å². The summed E-state index contributed by atoms with van der Waals surface area (Å²) in [5.74, 6) is -0.831. The number of rotatable bonds is 45. The van der Waals surface area contributed by atoms with Gasteiger partial charge >= 0.3 is 11.9 Å². The van der Waals surface area contributed by atoms with Crippen molar-refractivity contribution >= 4 is 19.8 Å². The lowest BCUT2D eigenvalue weighted by Crippen LogP contribution is -2.37. The molecule has 0 aromatic rings. The number of allylic oxidation sites excluding steroid dienone is 3. The first-order chi connectivity index (χ1) is 28.0. The van der Waals surface area contributed by atoms with Gasteiger partial charge in [-0.3, -0.25) is 14.2 Å². The van der Waals surface area contributed by atoms with Crippen LogP contribution in [0.15, 0.2) is 24.8 Å². The SMILES string of the molecule is C=CCCCCCCCCCCCCCCCC(=O)OC[C@H](COP(=O)([O-])OCC[N+](C)(C)C)OC(=O)CCCCCCCCCCC/C=C/CCCCCCCC. The lowest BCUT2D eigenvalue weighted by Gasteiger charge is -2.28. The standard InChI is InChI=1S/C48H92NO8P/c1-6-8-10-12-14-16-18-20-22-23-24-25-27-29-31-33-35-37-39-41-48(51)57-46(45-56-58(52,53)55-43-42-49(3,4)5)44-54-47(50)40-38-36-34-32-30-28-26-21-19-17-15-13-11-9-7-2/h7,20,22,46H,2,6,8-19,21,23-45H2,1,3-5H3/b22-20+/t46-/m1/s1. The fraction of sp³-hybridized carbons (Fsp3) is 0.875. The van der Waals surface area contributed by atoms with Crippen LogP contribution in [0.4, 0.5) is 0 Å². The summed E-state index contributed by atoms with van der Waals surface area (Å²) in [5, 5.41) is 0. The number of phosphoric acid groups is 1. The van der Waals surface area contributed by atoms with Gasteiger partial charge in [-0.05, 0) is 51.4 Å². The Kier molecular flexibility index (Phi) is 39.8. The summed E-state index contributed by atoms with van der Waals surface area (Å²) < 4.78 is 34.0. The van der Waals surface area contributed by atoms with Crippen molar-refractivity contribution in [2.45, 2.75) is 225 Å². The molecule has 1 unspecified atom stereocenters. The molecule has 2 atom stereocenters. The molecule has 0 radical (unpaired) electrons. The Bertz CT molecular complexity index is 1030. The number of ether oxygens (including phenoxy) is 2. The fourth-order valence-electron chi connectivity index (χ4n) is 6.81. The zero-order chi connectivity index (χ0) is 42.8. The molecule has 9 nitrogen and oxygen atoms in total. The second-order valence-electron chi connectivity index (χ2n) is 17.6. The van der Waals surface area contributed by atoms with E-state index in [0.29, 0.717) is 17.4 Å². The van der Waals surface area contributed by atoms with E-state index in [1.807, 2.05) is 27.2 Å². The molecule has 10 heteroatoms. The average Bonchev–Trinajstić information content (AvgIpc) is 3.17. The Morgan fingerprint density at radius 1 is 0.569 bits per heavy atom. The molecule has 0 N–H and O–H groups in total. The molecule has 58 heavy (non-hydrogen) atoms. The normalized spacial score (nSPS) is 13.5. The Labute approximate surface area is 358 Å². The maximum Gasteiger partial charge on any atom is 0.306 e. The number of unbranched alkanes of at least 4 members (excludes halogenated alkanes) is 28. The van der Waals surface area contributed by atoms with Gasteiger partial charge in [0.05, 0.1) is 27.7 Å². The van der Waals surface area contributed by atoms with Crippen LogP contribution in [-0.2, 0) is 32.7 Å². The Hall–Kier alpha value is -1.51. The monoisotopic (exact) mass is 842 g/mol. The van der Waals surface area contributed by atoms with Gasteiger partial charge in [0.2, 0.25) is 0 Å². The van der Waals surface area contributed by atoms with Gasteiger partial charge in [-0.25, -0.2) is 0 Å². The third kappa shape index (κ3) is 44.1. The smallest absolute Gasteiger partial charge is 0.306 e. The van der Waals surface area contributed by atoms with E-state index in [2.05, 4.69) is 25.7 Å². The summed E-state index contributed by atoms with van der Waals surface area (Å²) in [5.41, 5.74) is 0. The predicted octanol–water partition coefficient (Wildman–Crippen LogP) is 13.3. The molecule has 0 bridgehead atoms. The molecule has 0 aliphatic heterocycles. The zero-order valence-corrected chi connectivity index (χ0v) is 39.2. The van der Waals surface area contributed by atoms with E-state index >= 15 is 0 Å². The molecule has 0 aliphatic carbocycles. The predicted molar refractivity (Wildman–Crippen MR) is 241 cm³/mol. The number of hydrogen-bond acceptors (Lipinski definition) is 8. The molecule has 0 fully saturated rings. The van der Waals surface area contributed by atoms with Crippen molar-refractivity contribution in [1.82, 2.24) is 0 Å². The van der Waals surface area contributed by atoms with Crippen LogP contribution in [0.25, 0.3) is 0 Å². The van der Waals surface area contributed by atoms with Crippen molar-refractivity contribution in [2.24, 2.45) is 0 Å². The first kappa shape index (κ1) is 56.5. The minimum absolute atomic E-state index is 0.0301. The third-order valence-corrected chi connectivity index (χ3v) is 11.6. The molecule has 0 rings (SSSR count). The number of carbonyl (C=O) groups is 2. The highest BCUT2D eigenvalue weighted by Gasteiger charge is 2.21. The summed E-state index contributed by atoms with van der Waals surface area (Å²) in [6.07, 6.45) is 43.8. The average molecular weight is 842 g/mol. The number of nitrogens with zero attached hydrogens (tertiary/aromatic N) is 1. The molecule has 0 heterocycles. The quantitative estimate of drug-likeness (QED) is 0.0196. The van der Waals surface area contributed by atoms with E-state index in [4.69, 9.17) is 18.5 Å². The van der Waals surface area contributed by atoms with Crippen molar-refractivity contribution in [2.75, 3.05) is 47.5 Å². The molecule has 0 amide bonds. The number of likely N-dealkylation sites (N-methyl/N-ethyl adjacent to an activating group) is 1. The number of phosphoric ester groups is 1. The highest BCUT2D eigenvalue weighted by Crippen LogP contribution is 2.38. The van der Waals surface area contributed by atoms with Gasteiger partial charge in [0.1, 0.15) is 19.8 Å². The van der Waals surface area contributed by atoms with Gasteiger partial charge < -0.3 is 27.9 Å². The zero-order valence-electron chi connectivity index (χ0n) is 38.3. The fourth-order valence-corrected chi connectivity index (χ4v) is 7.54. The second-order valence-corrected chi connectivity index (χ2v) is 19.0. The molecule has 342 valence electrons. The molecular weight excluding hydrogens is 750 g/mol. The van der Waals surface area contributed by atoms with E-state index in [9.17, 15) is 19.0 Å². The highest BCUT2D eigenvalue weighted by molar-refractivity contribution is 7.45. The summed E-state index contributed by atoms with van der Waals surface area (Å²) in [4.78, 5) is 37.6. The first-order valence-corrected chi connectivity index (χ1v) is 25.5. The first-order valence-electron chi connectivity index (χ1n) is 24.0. The van der Waals surface area contributed by atoms with Gasteiger partial charge in [0.25, 0.3) is 7.82 Å². The van der Waals surface area contributed by atoms with Crippen LogP contribution in [0, 0.1) is 0 Å². The van der Waals surface area contributed by atoms with Crippen LogP contribution < -0.4 is 4.89 Å². The second kappa shape index (κ2) is 40.9.